The van der Waals surface area contributed by atoms with Crippen LogP contribution in [-0.4, -0.2) is 22.8 Å². The molecule has 4 heteroatoms. The number of carbonyl (C=O) groups is 1. The number of nitrogens with zero attached hydrogens (tertiary/aromatic N) is 2. The van der Waals surface area contributed by atoms with Crippen molar-refractivity contribution in [2.24, 2.45) is 0 Å². The third-order valence-corrected chi connectivity index (χ3v) is 3.86. The van der Waals surface area contributed by atoms with Crippen LogP contribution in [0.15, 0.2) is 30.6 Å². The first-order valence-electron chi connectivity index (χ1n) is 7.13. The summed E-state index contributed by atoms with van der Waals surface area (Å²) in [6.45, 7) is 6.01. The van der Waals surface area contributed by atoms with Gasteiger partial charge in [-0.3, -0.25) is 4.79 Å². The van der Waals surface area contributed by atoms with Gasteiger partial charge in [0.2, 0.25) is 0 Å². The van der Waals surface area contributed by atoms with Gasteiger partial charge in [-0.2, -0.15) is 0 Å². The number of hydrogen-bond acceptors (Lipinski definition) is 3. The van der Waals surface area contributed by atoms with Gasteiger partial charge >= 0.3 is 0 Å². The molecule has 3 aromatic rings. The lowest BCUT2D eigenvalue weighted by Crippen LogP contribution is -1.92. The summed E-state index contributed by atoms with van der Waals surface area (Å²) < 4.78 is 7.27. The maximum Gasteiger partial charge on any atom is 0.153 e. The van der Waals surface area contributed by atoms with E-state index in [9.17, 15) is 4.79 Å². The largest absolute Gasteiger partial charge is 0.496 e. The molecule has 0 aliphatic carbocycles. The Morgan fingerprint density at radius 1 is 1.09 bits per heavy atom. The van der Waals surface area contributed by atoms with Crippen molar-refractivity contribution in [3.05, 3.63) is 52.8 Å². The molecule has 3 rings (SSSR count). The minimum Gasteiger partial charge on any atom is -0.496 e. The molecule has 4 nitrogen and oxygen atoms in total. The summed E-state index contributed by atoms with van der Waals surface area (Å²) in [5.74, 6) is 0.870. The van der Waals surface area contributed by atoms with E-state index in [1.165, 1.54) is 0 Å². The fourth-order valence-electron chi connectivity index (χ4n) is 2.77. The zero-order valence-corrected chi connectivity index (χ0v) is 13.2. The van der Waals surface area contributed by atoms with Crippen LogP contribution < -0.4 is 4.74 Å². The Kier molecular flexibility index (Phi) is 3.45. The second-order valence-corrected chi connectivity index (χ2v) is 5.58. The Morgan fingerprint density at radius 3 is 2.55 bits per heavy atom. The van der Waals surface area contributed by atoms with Crippen molar-refractivity contribution < 1.29 is 9.53 Å². The molecule has 22 heavy (non-hydrogen) atoms. The predicted molar refractivity (Wildman–Crippen MR) is 86.8 cm³/mol. The van der Waals surface area contributed by atoms with Crippen LogP contribution >= 0.6 is 0 Å². The van der Waals surface area contributed by atoms with Crippen molar-refractivity contribution in [3.8, 4) is 17.0 Å². The van der Waals surface area contributed by atoms with Crippen LogP contribution in [0.2, 0.25) is 0 Å². The van der Waals surface area contributed by atoms with Gasteiger partial charge < -0.3 is 9.14 Å². The molecule has 0 saturated heterocycles. The van der Waals surface area contributed by atoms with E-state index in [1.807, 2.05) is 49.7 Å². The second kappa shape index (κ2) is 5.30. The van der Waals surface area contributed by atoms with Gasteiger partial charge in [0.05, 0.1) is 18.4 Å². The molecule has 0 unspecified atom stereocenters. The monoisotopic (exact) mass is 294 g/mol. The molecule has 0 aliphatic heterocycles. The van der Waals surface area contributed by atoms with E-state index in [-0.39, 0.29) is 0 Å². The SMILES string of the molecule is COc1cc(C)c(-c2cn3cc(C)cc(C=O)c3n2)cc1C. The van der Waals surface area contributed by atoms with Crippen molar-refractivity contribution in [2.75, 3.05) is 7.11 Å². The molecule has 2 heterocycles. The number of fused-ring (bicyclic) bond motifs is 1. The van der Waals surface area contributed by atoms with Crippen molar-refractivity contribution in [1.29, 1.82) is 0 Å². The first kappa shape index (κ1) is 14.3. The number of methoxy groups -OCH3 is 1. The Hall–Kier alpha value is -2.62. The number of aromatic nitrogens is 2. The lowest BCUT2D eigenvalue weighted by Gasteiger charge is -2.09. The Labute approximate surface area is 129 Å². The minimum absolute atomic E-state index is 0.606. The molecule has 0 aliphatic rings. The van der Waals surface area contributed by atoms with Crippen LogP contribution in [0, 0.1) is 20.8 Å². The lowest BCUT2D eigenvalue weighted by molar-refractivity contribution is 0.112. The Bertz CT molecular complexity index is 878. The topological polar surface area (TPSA) is 43.6 Å². The number of pyridine rings is 1. The minimum atomic E-state index is 0.606. The average Bonchev–Trinajstić information content (AvgIpc) is 2.91. The van der Waals surface area contributed by atoms with Crippen LogP contribution in [0.25, 0.3) is 16.9 Å². The van der Waals surface area contributed by atoms with Crippen LogP contribution in [0.3, 0.4) is 0 Å². The Morgan fingerprint density at radius 2 is 1.86 bits per heavy atom. The summed E-state index contributed by atoms with van der Waals surface area (Å²) in [6.07, 6.45) is 4.79. The maximum atomic E-state index is 11.3. The van der Waals surface area contributed by atoms with Crippen molar-refractivity contribution in [2.45, 2.75) is 20.8 Å². The number of imidazole rings is 1. The summed E-state index contributed by atoms with van der Waals surface area (Å²) >= 11 is 0. The molecule has 0 saturated carbocycles. The molecule has 0 atom stereocenters. The van der Waals surface area contributed by atoms with E-state index >= 15 is 0 Å². The predicted octanol–water partition coefficient (Wildman–Crippen LogP) is 3.75. The average molecular weight is 294 g/mol. The van der Waals surface area contributed by atoms with E-state index in [4.69, 9.17) is 4.74 Å². The fraction of sp³-hybridized carbons (Fsp3) is 0.222. The number of benzene rings is 1. The number of carbonyl (C=O) groups excluding carboxylic acids is 1. The Balaban J connectivity index is 2.23. The van der Waals surface area contributed by atoms with Gasteiger partial charge in [0.15, 0.2) is 6.29 Å². The lowest BCUT2D eigenvalue weighted by atomic mass is 10.0. The van der Waals surface area contributed by atoms with Crippen LogP contribution in [0.4, 0.5) is 0 Å². The molecule has 2 aromatic heterocycles. The number of hydrogen-bond donors (Lipinski definition) is 0. The molecule has 1 aromatic carbocycles. The number of aldehydes is 1. The third-order valence-electron chi connectivity index (χ3n) is 3.86. The molecule has 0 N–H and O–H groups in total. The highest BCUT2D eigenvalue weighted by Crippen LogP contribution is 2.30. The molecule has 0 bridgehead atoms. The van der Waals surface area contributed by atoms with E-state index in [0.717, 1.165) is 40.0 Å². The first-order chi connectivity index (χ1) is 10.5. The highest BCUT2D eigenvalue weighted by atomic mass is 16.5. The quantitative estimate of drug-likeness (QED) is 0.691. The van der Waals surface area contributed by atoms with Crippen molar-refractivity contribution in [3.63, 3.8) is 0 Å². The van der Waals surface area contributed by atoms with Gasteiger partial charge in [-0.25, -0.2) is 4.98 Å². The zero-order valence-electron chi connectivity index (χ0n) is 13.2. The van der Waals surface area contributed by atoms with Crippen molar-refractivity contribution in [1.82, 2.24) is 9.38 Å². The highest BCUT2D eigenvalue weighted by molar-refractivity contribution is 5.85. The number of ether oxygens (including phenoxy) is 1. The first-order valence-corrected chi connectivity index (χ1v) is 7.13. The fourth-order valence-corrected chi connectivity index (χ4v) is 2.77. The highest BCUT2D eigenvalue weighted by Gasteiger charge is 2.12. The van der Waals surface area contributed by atoms with Crippen molar-refractivity contribution >= 4 is 11.9 Å². The van der Waals surface area contributed by atoms with Gasteiger partial charge in [0.25, 0.3) is 0 Å². The van der Waals surface area contributed by atoms with Crippen LogP contribution in [0.5, 0.6) is 5.75 Å². The van der Waals surface area contributed by atoms with Gasteiger partial charge in [-0.1, -0.05) is 0 Å². The smallest absolute Gasteiger partial charge is 0.153 e. The van der Waals surface area contributed by atoms with E-state index in [1.54, 1.807) is 7.11 Å². The summed E-state index contributed by atoms with van der Waals surface area (Å²) in [6, 6.07) is 5.94. The summed E-state index contributed by atoms with van der Waals surface area (Å²) in [5.41, 5.74) is 6.38. The molecule has 0 amide bonds. The normalized spacial score (nSPS) is 10.9. The number of rotatable bonds is 3. The zero-order chi connectivity index (χ0) is 15.9. The maximum absolute atomic E-state index is 11.3. The molecule has 0 radical (unpaired) electrons. The standard InChI is InChI=1S/C18H18N2O2/c1-11-5-14(10-21)18-19-16(9-20(18)8-11)15-6-13(3)17(22-4)7-12(15)2/h5-10H,1-4H3. The van der Waals surface area contributed by atoms with E-state index in [0.29, 0.717) is 11.2 Å². The molecular formula is C18H18N2O2. The van der Waals surface area contributed by atoms with Crippen LogP contribution in [0.1, 0.15) is 27.0 Å². The van der Waals surface area contributed by atoms with Gasteiger partial charge in [0, 0.05) is 18.0 Å². The molecule has 0 fully saturated rings. The molecule has 112 valence electrons. The summed E-state index contributed by atoms with van der Waals surface area (Å²) in [7, 11) is 1.67. The van der Waals surface area contributed by atoms with E-state index in [2.05, 4.69) is 11.1 Å². The summed E-state index contributed by atoms with van der Waals surface area (Å²) in [4.78, 5) is 15.9. The number of aryl methyl sites for hydroxylation is 3. The van der Waals surface area contributed by atoms with Gasteiger partial charge in [-0.05, 0) is 55.7 Å². The second-order valence-electron chi connectivity index (χ2n) is 5.58. The third kappa shape index (κ3) is 2.26. The van der Waals surface area contributed by atoms with Gasteiger partial charge in [0.1, 0.15) is 11.4 Å². The van der Waals surface area contributed by atoms with Gasteiger partial charge in [-0.15, -0.1) is 0 Å². The summed E-state index contributed by atoms with van der Waals surface area (Å²) in [5, 5.41) is 0. The molecule has 0 spiro atoms. The molecular weight excluding hydrogens is 276 g/mol. The van der Waals surface area contributed by atoms with E-state index < -0.39 is 0 Å². The van der Waals surface area contributed by atoms with Crippen LogP contribution in [-0.2, 0) is 0 Å².